The number of anilines is 2. The molecule has 1 amide bonds. The zero-order chi connectivity index (χ0) is 10.6. The number of nitrogens with one attached hydrogen (secondary N) is 1. The van der Waals surface area contributed by atoms with Crippen LogP contribution < -0.4 is 11.1 Å². The maximum Gasteiger partial charge on any atom is 0.225 e. The average molecular weight is 258 g/mol. The smallest absolute Gasteiger partial charge is 0.225 e. The number of aromatic nitrogens is 1. The number of hydrogen-bond donors (Lipinski definition) is 2. The van der Waals surface area contributed by atoms with Gasteiger partial charge in [-0.15, -0.1) is 0 Å². The molecule has 0 aliphatic rings. The van der Waals surface area contributed by atoms with Gasteiger partial charge in [-0.3, -0.25) is 4.79 Å². The number of nitrogens with zero attached hydrogens (tertiary/aromatic N) is 1. The van der Waals surface area contributed by atoms with Gasteiger partial charge in [-0.25, -0.2) is 4.98 Å². The highest BCUT2D eigenvalue weighted by Gasteiger charge is 2.05. The molecule has 1 aromatic rings. The van der Waals surface area contributed by atoms with Crippen molar-refractivity contribution in [2.75, 3.05) is 11.1 Å². The van der Waals surface area contributed by atoms with Crippen molar-refractivity contribution >= 4 is 33.3 Å². The molecule has 0 radical (unpaired) electrons. The summed E-state index contributed by atoms with van der Waals surface area (Å²) in [6, 6.07) is 1.70. The molecular weight excluding hydrogens is 246 g/mol. The fourth-order valence-corrected chi connectivity index (χ4v) is 1.43. The van der Waals surface area contributed by atoms with E-state index in [1.54, 1.807) is 6.07 Å². The number of nitrogens with two attached hydrogens (primary N) is 1. The third-order valence-corrected chi connectivity index (χ3v) is 2.20. The second-order valence-electron chi connectivity index (χ2n) is 2.90. The molecule has 1 heterocycles. The van der Waals surface area contributed by atoms with Crippen LogP contribution in [0.4, 0.5) is 11.5 Å². The van der Waals surface area contributed by atoms with E-state index in [0.29, 0.717) is 22.4 Å². The Bertz CT molecular complexity index is 341. The molecule has 0 spiro atoms. The van der Waals surface area contributed by atoms with Gasteiger partial charge in [0.1, 0.15) is 5.82 Å². The van der Waals surface area contributed by atoms with Crippen LogP contribution in [0, 0.1) is 0 Å². The van der Waals surface area contributed by atoms with E-state index in [1.165, 1.54) is 6.20 Å². The van der Waals surface area contributed by atoms with Crippen LogP contribution in [0.15, 0.2) is 16.7 Å². The topological polar surface area (TPSA) is 68.0 Å². The predicted molar refractivity (Wildman–Crippen MR) is 59.9 cm³/mol. The summed E-state index contributed by atoms with van der Waals surface area (Å²) in [5, 5.41) is 2.69. The van der Waals surface area contributed by atoms with E-state index in [-0.39, 0.29) is 5.91 Å². The molecular formula is C9H12BrN3O. The van der Waals surface area contributed by atoms with E-state index in [4.69, 9.17) is 5.73 Å². The molecule has 0 unspecified atom stereocenters. The predicted octanol–water partition coefficient (Wildman–Crippen LogP) is 2.16. The molecule has 3 N–H and O–H groups in total. The average Bonchev–Trinajstić information content (AvgIpc) is 2.10. The molecule has 0 aliphatic heterocycles. The van der Waals surface area contributed by atoms with Crippen molar-refractivity contribution in [3.8, 4) is 0 Å². The van der Waals surface area contributed by atoms with Gasteiger partial charge in [0.25, 0.3) is 0 Å². The lowest BCUT2D eigenvalue weighted by molar-refractivity contribution is -0.116. The van der Waals surface area contributed by atoms with Crippen molar-refractivity contribution in [2.45, 2.75) is 19.8 Å². The highest BCUT2D eigenvalue weighted by atomic mass is 79.9. The summed E-state index contributed by atoms with van der Waals surface area (Å²) >= 11 is 3.27. The minimum absolute atomic E-state index is 0.0366. The molecule has 4 nitrogen and oxygen atoms in total. The number of carbonyl (C=O) groups is 1. The summed E-state index contributed by atoms with van der Waals surface area (Å²) in [5.41, 5.74) is 6.07. The second kappa shape index (κ2) is 4.95. The molecule has 1 aromatic heterocycles. The number of carbonyl (C=O) groups excluding carboxylic acids is 1. The summed E-state index contributed by atoms with van der Waals surface area (Å²) in [4.78, 5) is 15.2. The van der Waals surface area contributed by atoms with Gasteiger partial charge >= 0.3 is 0 Å². The van der Waals surface area contributed by atoms with Crippen molar-refractivity contribution < 1.29 is 4.79 Å². The second-order valence-corrected chi connectivity index (χ2v) is 3.75. The largest absolute Gasteiger partial charge is 0.397 e. The third kappa shape index (κ3) is 2.99. The van der Waals surface area contributed by atoms with Gasteiger partial charge in [-0.1, -0.05) is 6.92 Å². The first-order chi connectivity index (χ1) is 6.63. The molecule has 14 heavy (non-hydrogen) atoms. The summed E-state index contributed by atoms with van der Waals surface area (Å²) < 4.78 is 0.696. The van der Waals surface area contributed by atoms with Crippen LogP contribution >= 0.6 is 15.9 Å². The molecule has 0 atom stereocenters. The van der Waals surface area contributed by atoms with Crippen molar-refractivity contribution in [1.29, 1.82) is 0 Å². The lowest BCUT2D eigenvalue weighted by Gasteiger charge is -2.05. The maximum atomic E-state index is 11.2. The van der Waals surface area contributed by atoms with Gasteiger partial charge in [0.05, 0.1) is 16.4 Å². The minimum Gasteiger partial charge on any atom is -0.397 e. The summed E-state index contributed by atoms with van der Waals surface area (Å²) in [6.45, 7) is 1.95. The van der Waals surface area contributed by atoms with Gasteiger partial charge in [0.15, 0.2) is 0 Å². The zero-order valence-corrected chi connectivity index (χ0v) is 9.47. The van der Waals surface area contributed by atoms with Crippen LogP contribution in [-0.4, -0.2) is 10.9 Å². The Morgan fingerprint density at radius 2 is 2.43 bits per heavy atom. The normalized spacial score (nSPS) is 9.86. The van der Waals surface area contributed by atoms with Crippen LogP contribution in [0.3, 0.4) is 0 Å². The number of rotatable bonds is 3. The van der Waals surface area contributed by atoms with E-state index in [9.17, 15) is 4.79 Å². The summed E-state index contributed by atoms with van der Waals surface area (Å²) in [6.07, 6.45) is 2.82. The highest BCUT2D eigenvalue weighted by Crippen LogP contribution is 2.21. The fraction of sp³-hybridized carbons (Fsp3) is 0.333. The van der Waals surface area contributed by atoms with E-state index in [0.717, 1.165) is 6.42 Å². The Morgan fingerprint density at radius 1 is 1.71 bits per heavy atom. The van der Waals surface area contributed by atoms with E-state index in [2.05, 4.69) is 26.2 Å². The molecule has 5 heteroatoms. The summed E-state index contributed by atoms with van der Waals surface area (Å²) in [7, 11) is 0. The first-order valence-electron chi connectivity index (χ1n) is 4.34. The first-order valence-corrected chi connectivity index (χ1v) is 5.13. The lowest BCUT2D eigenvalue weighted by atomic mass is 10.3. The molecule has 0 aliphatic carbocycles. The SMILES string of the molecule is CCCC(=O)Nc1ncc(N)cc1Br. The molecule has 0 fully saturated rings. The molecule has 0 saturated carbocycles. The molecule has 1 rings (SSSR count). The molecule has 0 bridgehead atoms. The Morgan fingerprint density at radius 3 is 3.00 bits per heavy atom. The van der Waals surface area contributed by atoms with Gasteiger partial charge in [-0.2, -0.15) is 0 Å². The van der Waals surface area contributed by atoms with Crippen LogP contribution in [-0.2, 0) is 4.79 Å². The monoisotopic (exact) mass is 257 g/mol. The van der Waals surface area contributed by atoms with Crippen LogP contribution in [0.1, 0.15) is 19.8 Å². The van der Waals surface area contributed by atoms with Crippen LogP contribution in [0.5, 0.6) is 0 Å². The zero-order valence-electron chi connectivity index (χ0n) is 7.88. The van der Waals surface area contributed by atoms with Crippen LogP contribution in [0.25, 0.3) is 0 Å². The maximum absolute atomic E-state index is 11.2. The molecule has 76 valence electrons. The first kappa shape index (κ1) is 11.0. The number of hydrogen-bond acceptors (Lipinski definition) is 3. The Kier molecular flexibility index (Phi) is 3.88. The number of halogens is 1. The molecule has 0 aromatic carbocycles. The van der Waals surface area contributed by atoms with Crippen LogP contribution in [0.2, 0.25) is 0 Å². The number of amides is 1. The van der Waals surface area contributed by atoms with Crippen molar-refractivity contribution in [2.24, 2.45) is 0 Å². The number of nitrogen functional groups attached to an aromatic ring is 1. The minimum atomic E-state index is -0.0366. The van der Waals surface area contributed by atoms with Gasteiger partial charge in [0.2, 0.25) is 5.91 Å². The molecule has 0 saturated heterocycles. The Labute approximate surface area is 91.0 Å². The van der Waals surface area contributed by atoms with Crippen molar-refractivity contribution in [3.63, 3.8) is 0 Å². The Hall–Kier alpha value is -1.10. The quantitative estimate of drug-likeness (QED) is 0.872. The highest BCUT2D eigenvalue weighted by molar-refractivity contribution is 9.10. The van der Waals surface area contributed by atoms with E-state index < -0.39 is 0 Å². The van der Waals surface area contributed by atoms with Crippen molar-refractivity contribution in [1.82, 2.24) is 4.98 Å². The van der Waals surface area contributed by atoms with E-state index >= 15 is 0 Å². The summed E-state index contributed by atoms with van der Waals surface area (Å²) in [5.74, 6) is 0.475. The standard InChI is InChI=1S/C9H12BrN3O/c1-2-3-8(14)13-9-7(10)4-6(11)5-12-9/h4-5H,2-3,11H2,1H3,(H,12,13,14). The van der Waals surface area contributed by atoms with E-state index in [1.807, 2.05) is 6.92 Å². The number of pyridine rings is 1. The van der Waals surface area contributed by atoms with Gasteiger partial charge in [-0.05, 0) is 28.4 Å². The third-order valence-electron chi connectivity index (χ3n) is 1.60. The van der Waals surface area contributed by atoms with Crippen molar-refractivity contribution in [3.05, 3.63) is 16.7 Å². The Balaban J connectivity index is 2.72. The van der Waals surface area contributed by atoms with Gasteiger partial charge < -0.3 is 11.1 Å². The van der Waals surface area contributed by atoms with Gasteiger partial charge in [0, 0.05) is 6.42 Å². The lowest BCUT2D eigenvalue weighted by Crippen LogP contribution is -2.12. The fourth-order valence-electron chi connectivity index (χ4n) is 0.966.